The fraction of sp³-hybridized carbons (Fsp3) is 0.391. The van der Waals surface area contributed by atoms with Gasteiger partial charge in [0.1, 0.15) is 5.75 Å². The van der Waals surface area contributed by atoms with Crippen LogP contribution < -0.4 is 10.1 Å². The summed E-state index contributed by atoms with van der Waals surface area (Å²) in [5.74, 6) is 1.36. The van der Waals surface area contributed by atoms with Gasteiger partial charge in [-0.2, -0.15) is 5.10 Å². The number of benzene rings is 1. The highest BCUT2D eigenvalue weighted by molar-refractivity contribution is 5.79. The highest BCUT2D eigenvalue weighted by atomic mass is 16.5. The maximum atomic E-state index is 12.4. The van der Waals surface area contributed by atoms with Gasteiger partial charge in [-0.25, -0.2) is 14.6 Å². The zero-order valence-electron chi connectivity index (χ0n) is 18.3. The molecule has 2 heterocycles. The van der Waals surface area contributed by atoms with Crippen molar-refractivity contribution in [2.45, 2.75) is 47.5 Å². The van der Waals surface area contributed by atoms with Gasteiger partial charge in [-0.05, 0) is 64.8 Å². The number of nitrogens with zero attached hydrogens (tertiary/aromatic N) is 4. The molecule has 3 rings (SSSR count). The Morgan fingerprint density at radius 1 is 1.07 bits per heavy atom. The van der Waals surface area contributed by atoms with Crippen LogP contribution in [-0.4, -0.2) is 38.8 Å². The summed E-state index contributed by atoms with van der Waals surface area (Å²) in [5, 5.41) is 7.52. The first-order valence-electron chi connectivity index (χ1n) is 10.2. The topological polar surface area (TPSA) is 81.9 Å². The molecule has 1 aromatic carbocycles. The van der Waals surface area contributed by atoms with Crippen molar-refractivity contribution in [3.63, 3.8) is 0 Å². The van der Waals surface area contributed by atoms with E-state index in [0.29, 0.717) is 19.1 Å². The Kier molecular flexibility index (Phi) is 6.82. The molecule has 0 saturated heterocycles. The second kappa shape index (κ2) is 9.52. The second-order valence-electron chi connectivity index (χ2n) is 7.56. The second-order valence-corrected chi connectivity index (χ2v) is 7.56. The third-order valence-corrected chi connectivity index (χ3v) is 4.84. The number of aromatic nitrogens is 4. The van der Waals surface area contributed by atoms with E-state index in [9.17, 15) is 4.79 Å². The number of carbonyl (C=O) groups is 1. The predicted molar refractivity (Wildman–Crippen MR) is 116 cm³/mol. The van der Waals surface area contributed by atoms with Gasteiger partial charge >= 0.3 is 0 Å². The van der Waals surface area contributed by atoms with Crippen LogP contribution in [0.1, 0.15) is 40.3 Å². The van der Waals surface area contributed by atoms with Crippen molar-refractivity contribution in [2.24, 2.45) is 0 Å². The molecule has 2 aromatic heterocycles. The summed E-state index contributed by atoms with van der Waals surface area (Å²) in [7, 11) is 0. The van der Waals surface area contributed by atoms with Crippen LogP contribution in [0.5, 0.6) is 5.75 Å². The van der Waals surface area contributed by atoms with E-state index in [1.165, 1.54) is 5.56 Å². The molecule has 158 valence electrons. The summed E-state index contributed by atoms with van der Waals surface area (Å²) in [6.45, 7) is 10.9. The lowest BCUT2D eigenvalue weighted by Gasteiger charge is -2.08. The summed E-state index contributed by atoms with van der Waals surface area (Å²) < 4.78 is 7.43. The van der Waals surface area contributed by atoms with E-state index in [0.717, 1.165) is 40.5 Å². The van der Waals surface area contributed by atoms with E-state index >= 15 is 0 Å². The largest absolute Gasteiger partial charge is 0.494 e. The van der Waals surface area contributed by atoms with Crippen LogP contribution in [0.25, 0.3) is 5.95 Å². The molecule has 0 aliphatic carbocycles. The maximum absolute atomic E-state index is 12.4. The zero-order valence-corrected chi connectivity index (χ0v) is 18.3. The molecule has 0 bridgehead atoms. The molecule has 7 heteroatoms. The molecule has 0 fully saturated rings. The lowest BCUT2D eigenvalue weighted by molar-refractivity contribution is -0.120. The van der Waals surface area contributed by atoms with Gasteiger partial charge in [0.2, 0.25) is 5.91 Å². The van der Waals surface area contributed by atoms with Crippen LogP contribution in [0, 0.1) is 34.6 Å². The fourth-order valence-corrected chi connectivity index (χ4v) is 3.35. The van der Waals surface area contributed by atoms with Gasteiger partial charge in [0.15, 0.2) is 0 Å². The minimum Gasteiger partial charge on any atom is -0.494 e. The van der Waals surface area contributed by atoms with Crippen LogP contribution in [0.4, 0.5) is 0 Å². The van der Waals surface area contributed by atoms with Crippen molar-refractivity contribution in [3.8, 4) is 11.7 Å². The Bertz CT molecular complexity index is 1020. The molecule has 0 radical (unpaired) electrons. The average molecular weight is 408 g/mol. The number of hydrogen-bond donors (Lipinski definition) is 1. The van der Waals surface area contributed by atoms with Crippen LogP contribution in [0.15, 0.2) is 30.3 Å². The standard InChI is InChI=1S/C23H29N5O2/c1-15-8-6-9-20(12-15)30-11-7-10-24-22(29)14-21-18(4)27-28(19(21)5)23-25-16(2)13-17(3)26-23/h6,8-9,12-13H,7,10-11,14H2,1-5H3,(H,24,29). The van der Waals surface area contributed by atoms with E-state index in [4.69, 9.17) is 4.74 Å². The summed E-state index contributed by atoms with van der Waals surface area (Å²) in [4.78, 5) is 21.4. The van der Waals surface area contributed by atoms with Crippen LogP contribution in [0.3, 0.4) is 0 Å². The molecule has 3 aromatic rings. The number of rotatable bonds is 8. The van der Waals surface area contributed by atoms with Gasteiger partial charge < -0.3 is 10.1 Å². The fourth-order valence-electron chi connectivity index (χ4n) is 3.35. The summed E-state index contributed by atoms with van der Waals surface area (Å²) in [6, 6.07) is 9.87. The number of carbonyl (C=O) groups excluding carboxylic acids is 1. The lowest BCUT2D eigenvalue weighted by Crippen LogP contribution is -2.27. The zero-order chi connectivity index (χ0) is 21.7. The minimum atomic E-state index is -0.0300. The van der Waals surface area contributed by atoms with Gasteiger partial charge in [0.05, 0.1) is 18.7 Å². The Labute approximate surface area is 177 Å². The van der Waals surface area contributed by atoms with Crippen LogP contribution in [0.2, 0.25) is 0 Å². The molecular formula is C23H29N5O2. The monoisotopic (exact) mass is 407 g/mol. The summed E-state index contributed by atoms with van der Waals surface area (Å²) in [5.41, 5.74) is 5.54. The van der Waals surface area contributed by atoms with Crippen molar-refractivity contribution in [2.75, 3.05) is 13.2 Å². The molecule has 0 aliphatic heterocycles. The molecule has 7 nitrogen and oxygen atoms in total. The SMILES string of the molecule is Cc1cccc(OCCCNC(=O)Cc2c(C)nn(-c3nc(C)cc(C)n3)c2C)c1. The van der Waals surface area contributed by atoms with Gasteiger partial charge in [0.25, 0.3) is 5.95 Å². The average Bonchev–Trinajstić information content (AvgIpc) is 2.95. The quantitative estimate of drug-likeness (QED) is 0.579. The molecule has 0 spiro atoms. The van der Waals surface area contributed by atoms with Crippen molar-refractivity contribution in [1.82, 2.24) is 25.1 Å². The predicted octanol–water partition coefficient (Wildman–Crippen LogP) is 3.33. The summed E-state index contributed by atoms with van der Waals surface area (Å²) in [6.07, 6.45) is 1.02. The number of amides is 1. The maximum Gasteiger partial charge on any atom is 0.251 e. The van der Waals surface area contributed by atoms with Gasteiger partial charge in [-0.15, -0.1) is 0 Å². The molecule has 0 aliphatic rings. The molecule has 1 amide bonds. The molecular weight excluding hydrogens is 378 g/mol. The molecule has 0 saturated carbocycles. The van der Waals surface area contributed by atoms with E-state index in [1.54, 1.807) is 4.68 Å². The van der Waals surface area contributed by atoms with Gasteiger partial charge in [0, 0.05) is 29.2 Å². The smallest absolute Gasteiger partial charge is 0.251 e. The first-order valence-corrected chi connectivity index (χ1v) is 10.2. The molecule has 0 atom stereocenters. The number of ether oxygens (including phenoxy) is 1. The van der Waals surface area contributed by atoms with Gasteiger partial charge in [-0.3, -0.25) is 4.79 Å². The normalized spacial score (nSPS) is 10.8. The van der Waals surface area contributed by atoms with Crippen molar-refractivity contribution in [3.05, 3.63) is 64.2 Å². The van der Waals surface area contributed by atoms with Crippen molar-refractivity contribution >= 4 is 5.91 Å². The summed E-state index contributed by atoms with van der Waals surface area (Å²) >= 11 is 0. The Morgan fingerprint density at radius 2 is 1.80 bits per heavy atom. The Balaban J connectivity index is 1.53. The highest BCUT2D eigenvalue weighted by Gasteiger charge is 2.17. The highest BCUT2D eigenvalue weighted by Crippen LogP contribution is 2.17. The van der Waals surface area contributed by atoms with E-state index in [1.807, 2.05) is 65.0 Å². The lowest BCUT2D eigenvalue weighted by atomic mass is 10.1. The number of hydrogen-bond acceptors (Lipinski definition) is 5. The van der Waals surface area contributed by atoms with Gasteiger partial charge in [-0.1, -0.05) is 12.1 Å². The molecule has 1 N–H and O–H groups in total. The third-order valence-electron chi connectivity index (χ3n) is 4.84. The molecule has 0 unspecified atom stereocenters. The van der Waals surface area contributed by atoms with Crippen LogP contribution >= 0.6 is 0 Å². The van der Waals surface area contributed by atoms with E-state index in [2.05, 4.69) is 20.4 Å². The third kappa shape index (κ3) is 5.43. The first-order chi connectivity index (χ1) is 14.3. The minimum absolute atomic E-state index is 0.0300. The first kappa shape index (κ1) is 21.5. The van der Waals surface area contributed by atoms with Crippen molar-refractivity contribution < 1.29 is 9.53 Å². The van der Waals surface area contributed by atoms with Crippen molar-refractivity contribution in [1.29, 1.82) is 0 Å². The van der Waals surface area contributed by atoms with E-state index in [-0.39, 0.29) is 12.3 Å². The molecule has 30 heavy (non-hydrogen) atoms. The Hall–Kier alpha value is -3.22. The van der Waals surface area contributed by atoms with E-state index < -0.39 is 0 Å². The number of aryl methyl sites for hydroxylation is 4. The Morgan fingerprint density at radius 3 is 2.50 bits per heavy atom. The van der Waals surface area contributed by atoms with Crippen LogP contribution in [-0.2, 0) is 11.2 Å². The number of nitrogens with one attached hydrogen (secondary N) is 1.